The molecule has 3 unspecified atom stereocenters. The minimum absolute atomic E-state index is 0.504. The molecule has 0 radical (unpaired) electrons. The number of rotatable bonds is 3. The molecule has 19 heavy (non-hydrogen) atoms. The predicted octanol–water partition coefficient (Wildman–Crippen LogP) is 3.32. The van der Waals surface area contributed by atoms with E-state index in [1.165, 1.54) is 37.8 Å². The molecule has 1 heterocycles. The summed E-state index contributed by atoms with van der Waals surface area (Å²) in [4.78, 5) is 3.54. The highest BCUT2D eigenvalue weighted by Crippen LogP contribution is 2.63. The molecule has 2 heteroatoms. The minimum Gasteiger partial charge on any atom is -0.365 e. The summed E-state index contributed by atoms with van der Waals surface area (Å²) in [6, 6.07) is 5.21. The highest BCUT2D eigenvalue weighted by Gasteiger charge is 2.56. The van der Waals surface area contributed by atoms with Crippen LogP contribution < -0.4 is 5.32 Å². The number of hydrogen-bond acceptors (Lipinski definition) is 1. The zero-order chi connectivity index (χ0) is 13.0. The fourth-order valence-electron chi connectivity index (χ4n) is 6.06. The second kappa shape index (κ2) is 4.12. The van der Waals surface area contributed by atoms with Crippen molar-refractivity contribution in [3.8, 4) is 0 Å². The highest BCUT2D eigenvalue weighted by molar-refractivity contribution is 5.24. The van der Waals surface area contributed by atoms with Crippen LogP contribution in [0.15, 0.2) is 18.3 Å². The molecule has 4 bridgehead atoms. The summed E-state index contributed by atoms with van der Waals surface area (Å²) < 4.78 is 0. The molecule has 5 rings (SSSR count). The lowest BCUT2D eigenvalue weighted by molar-refractivity contribution is -0.0679. The van der Waals surface area contributed by atoms with Crippen LogP contribution in [0.5, 0.6) is 0 Å². The standard InChI is InChI=1S/C17H26N2/c1-11(18-2)16-13-6-12-7-14(16)10-17(8-12,9-13)15-4-3-5-19-15/h3-5,11-14,16,18-19H,6-10H2,1-2H3. The summed E-state index contributed by atoms with van der Waals surface area (Å²) in [5.41, 5.74) is 2.03. The van der Waals surface area contributed by atoms with Crippen molar-refractivity contribution >= 4 is 0 Å². The van der Waals surface area contributed by atoms with E-state index in [9.17, 15) is 0 Å². The van der Waals surface area contributed by atoms with Gasteiger partial charge in [-0.1, -0.05) is 0 Å². The average molecular weight is 258 g/mol. The number of aromatic amines is 1. The third kappa shape index (κ3) is 1.65. The second-order valence-corrected chi connectivity index (χ2v) is 7.49. The Hall–Kier alpha value is -0.760. The third-order valence-electron chi connectivity index (χ3n) is 6.55. The highest BCUT2D eigenvalue weighted by atomic mass is 14.9. The van der Waals surface area contributed by atoms with Gasteiger partial charge in [0.15, 0.2) is 0 Å². The first-order valence-electron chi connectivity index (χ1n) is 8.03. The van der Waals surface area contributed by atoms with E-state index >= 15 is 0 Å². The van der Waals surface area contributed by atoms with Crippen LogP contribution in [0.2, 0.25) is 0 Å². The van der Waals surface area contributed by atoms with Crippen LogP contribution in [0.25, 0.3) is 0 Å². The van der Waals surface area contributed by atoms with Crippen LogP contribution >= 0.6 is 0 Å². The molecule has 1 aromatic heterocycles. The fraction of sp³-hybridized carbons (Fsp3) is 0.765. The maximum absolute atomic E-state index is 3.54. The van der Waals surface area contributed by atoms with Crippen molar-refractivity contribution in [3.63, 3.8) is 0 Å². The average Bonchev–Trinajstić information content (AvgIpc) is 2.91. The molecule has 4 aliphatic carbocycles. The summed E-state index contributed by atoms with van der Waals surface area (Å²) in [6.07, 6.45) is 9.41. The van der Waals surface area contributed by atoms with Gasteiger partial charge in [0.25, 0.3) is 0 Å². The first-order chi connectivity index (χ1) is 9.22. The van der Waals surface area contributed by atoms with Crippen molar-refractivity contribution in [2.75, 3.05) is 7.05 Å². The van der Waals surface area contributed by atoms with E-state index in [0.717, 1.165) is 23.7 Å². The van der Waals surface area contributed by atoms with Crippen LogP contribution in [0.3, 0.4) is 0 Å². The molecule has 4 saturated carbocycles. The molecule has 2 nitrogen and oxygen atoms in total. The van der Waals surface area contributed by atoms with Gasteiger partial charge >= 0.3 is 0 Å². The Morgan fingerprint density at radius 2 is 2.00 bits per heavy atom. The van der Waals surface area contributed by atoms with Gasteiger partial charge in [-0.25, -0.2) is 0 Å². The van der Waals surface area contributed by atoms with Crippen molar-refractivity contribution in [1.29, 1.82) is 0 Å². The molecule has 0 saturated heterocycles. The van der Waals surface area contributed by atoms with Gasteiger partial charge in [-0.15, -0.1) is 0 Å². The Balaban J connectivity index is 1.68. The van der Waals surface area contributed by atoms with E-state index in [2.05, 4.69) is 42.6 Å². The summed E-state index contributed by atoms with van der Waals surface area (Å²) in [6.45, 7) is 2.40. The van der Waals surface area contributed by atoms with Crippen molar-refractivity contribution in [2.24, 2.45) is 23.7 Å². The maximum Gasteiger partial charge on any atom is 0.0210 e. The molecule has 0 aromatic carbocycles. The minimum atomic E-state index is 0.504. The Kier molecular flexibility index (Phi) is 2.60. The maximum atomic E-state index is 3.54. The molecule has 4 aliphatic rings. The van der Waals surface area contributed by atoms with Gasteiger partial charge in [0.2, 0.25) is 0 Å². The van der Waals surface area contributed by atoms with Crippen LogP contribution in [-0.2, 0) is 5.41 Å². The van der Waals surface area contributed by atoms with Crippen LogP contribution in [0.4, 0.5) is 0 Å². The van der Waals surface area contributed by atoms with E-state index in [1.807, 2.05) is 0 Å². The molecule has 0 aliphatic heterocycles. The van der Waals surface area contributed by atoms with Gasteiger partial charge in [0.1, 0.15) is 0 Å². The third-order valence-corrected chi connectivity index (χ3v) is 6.55. The van der Waals surface area contributed by atoms with Crippen molar-refractivity contribution in [1.82, 2.24) is 10.3 Å². The topological polar surface area (TPSA) is 27.8 Å². The molecule has 104 valence electrons. The van der Waals surface area contributed by atoms with Gasteiger partial charge in [-0.3, -0.25) is 0 Å². The smallest absolute Gasteiger partial charge is 0.0210 e. The first kappa shape index (κ1) is 12.0. The zero-order valence-electron chi connectivity index (χ0n) is 12.2. The Bertz CT molecular complexity index is 434. The number of aromatic nitrogens is 1. The van der Waals surface area contributed by atoms with Gasteiger partial charge in [-0.05, 0) is 81.9 Å². The summed E-state index contributed by atoms with van der Waals surface area (Å²) in [7, 11) is 2.14. The monoisotopic (exact) mass is 258 g/mol. The van der Waals surface area contributed by atoms with Crippen LogP contribution in [0.1, 0.15) is 44.7 Å². The molecule has 2 N–H and O–H groups in total. The summed E-state index contributed by atoms with van der Waals surface area (Å²) in [5, 5.41) is 3.53. The summed E-state index contributed by atoms with van der Waals surface area (Å²) >= 11 is 0. The Morgan fingerprint density at radius 3 is 2.58 bits per heavy atom. The predicted molar refractivity (Wildman–Crippen MR) is 78.0 cm³/mol. The van der Waals surface area contributed by atoms with Gasteiger partial charge in [-0.2, -0.15) is 0 Å². The molecule has 0 amide bonds. The van der Waals surface area contributed by atoms with Crippen molar-refractivity contribution in [3.05, 3.63) is 24.0 Å². The lowest BCUT2D eigenvalue weighted by Gasteiger charge is -2.61. The molecule has 4 fully saturated rings. The fourth-order valence-corrected chi connectivity index (χ4v) is 6.06. The van der Waals surface area contributed by atoms with Gasteiger partial charge in [0.05, 0.1) is 0 Å². The lowest BCUT2D eigenvalue weighted by atomic mass is 9.44. The van der Waals surface area contributed by atoms with Crippen LogP contribution in [-0.4, -0.2) is 18.1 Å². The lowest BCUT2D eigenvalue weighted by Crippen LogP contribution is -2.57. The SMILES string of the molecule is CNC(C)C1C2CC3CC1CC(c1ccc[nH]1)(C3)C2. The molecule has 3 atom stereocenters. The molecule has 0 spiro atoms. The zero-order valence-corrected chi connectivity index (χ0v) is 12.2. The number of nitrogens with one attached hydrogen (secondary N) is 2. The van der Waals surface area contributed by atoms with E-state index in [0.29, 0.717) is 11.5 Å². The second-order valence-electron chi connectivity index (χ2n) is 7.49. The first-order valence-corrected chi connectivity index (χ1v) is 8.03. The largest absolute Gasteiger partial charge is 0.365 e. The van der Waals surface area contributed by atoms with Gasteiger partial charge in [0, 0.05) is 23.3 Å². The number of H-pyrrole nitrogens is 1. The molecular formula is C17H26N2. The van der Waals surface area contributed by atoms with E-state index in [-0.39, 0.29) is 0 Å². The van der Waals surface area contributed by atoms with Crippen molar-refractivity contribution in [2.45, 2.75) is 50.5 Å². The van der Waals surface area contributed by atoms with Crippen LogP contribution in [0, 0.1) is 23.7 Å². The van der Waals surface area contributed by atoms with E-state index in [1.54, 1.807) is 0 Å². The molecule has 1 aromatic rings. The summed E-state index contributed by atoms with van der Waals surface area (Å²) in [5.74, 6) is 3.83. The van der Waals surface area contributed by atoms with Crippen molar-refractivity contribution < 1.29 is 0 Å². The number of hydrogen-bond donors (Lipinski definition) is 2. The van der Waals surface area contributed by atoms with Gasteiger partial charge < -0.3 is 10.3 Å². The van der Waals surface area contributed by atoms with E-state index in [4.69, 9.17) is 0 Å². The molecular weight excluding hydrogens is 232 g/mol. The normalized spacial score (nSPS) is 45.6. The van der Waals surface area contributed by atoms with E-state index < -0.39 is 0 Å². The quantitative estimate of drug-likeness (QED) is 0.855. The Labute approximate surface area is 116 Å². The Morgan fingerprint density at radius 1 is 1.26 bits per heavy atom.